The van der Waals surface area contributed by atoms with Crippen molar-refractivity contribution in [2.24, 2.45) is 14.1 Å². The average molecular weight is 1340 g/mol. The maximum atomic E-state index is 3.93. The van der Waals surface area contributed by atoms with E-state index in [2.05, 4.69) is 386 Å². The molecule has 12 aromatic carbocycles. The van der Waals surface area contributed by atoms with Crippen LogP contribution in [0.15, 0.2) is 315 Å². The van der Waals surface area contributed by atoms with Crippen molar-refractivity contribution < 1.29 is 0 Å². The van der Waals surface area contributed by atoms with Crippen LogP contribution in [0.2, 0.25) is 0 Å². The minimum Gasteiger partial charge on any atom is -0.344 e. The summed E-state index contributed by atoms with van der Waals surface area (Å²) in [5.74, 6) is 30.8. The molecule has 2 aromatic heterocycles. The fourth-order valence-corrected chi connectivity index (χ4v) is 32.3. The molecule has 2 nitrogen and oxygen atoms in total. The van der Waals surface area contributed by atoms with Crippen LogP contribution in [0.25, 0.3) is 43.6 Å². The van der Waals surface area contributed by atoms with Gasteiger partial charge in [-0.3, -0.25) is 0 Å². The van der Waals surface area contributed by atoms with E-state index in [1.54, 1.807) is 0 Å². The Kier molecular flexibility index (Phi) is 18.8. The Morgan fingerprint density at radius 1 is 0.224 bits per heavy atom. The first-order valence-electron chi connectivity index (χ1n) is 34.3. The Morgan fingerprint density at radius 3 is 0.602 bits per heavy atom. The van der Waals surface area contributed by atoms with Crippen LogP contribution in [-0.2, 0) is 14.1 Å². The van der Waals surface area contributed by atoms with Crippen molar-refractivity contribution in [3.8, 4) is 47.4 Å². The van der Waals surface area contributed by atoms with Crippen LogP contribution in [0, 0.1) is 47.4 Å². The first-order valence-corrected chi connectivity index (χ1v) is 42.9. The van der Waals surface area contributed by atoms with Crippen molar-refractivity contribution >= 4 is 115 Å². The molecule has 0 N–H and O–H groups in total. The van der Waals surface area contributed by atoms with Gasteiger partial charge in [-0.1, -0.05) is 217 Å². The molecule has 0 radical (unpaired) electrons. The van der Waals surface area contributed by atoms with Gasteiger partial charge in [0.15, 0.2) is 0 Å². The molecule has 15 rings (SSSR count). The molecular weight excluding hydrogens is 1260 g/mol. The average Bonchev–Trinajstić information content (AvgIpc) is 1.26. The first-order chi connectivity index (χ1) is 48.3. The molecular formula is C92H78N2P4+4. The predicted molar refractivity (Wildman–Crippen MR) is 433 cm³/mol. The zero-order valence-electron chi connectivity index (χ0n) is 55.8. The third kappa shape index (κ3) is 12.7. The number of benzene rings is 12. The second-order valence-electron chi connectivity index (χ2n) is 26.0. The zero-order valence-corrected chi connectivity index (χ0v) is 59.4. The summed E-state index contributed by atoms with van der Waals surface area (Å²) in [6.07, 6.45) is 9.26. The Hall–Kier alpha value is -9.80. The van der Waals surface area contributed by atoms with E-state index in [1.807, 2.05) is 0 Å². The molecule has 472 valence electrons. The van der Waals surface area contributed by atoms with Crippen LogP contribution in [-0.4, -0.2) is 58.4 Å². The molecule has 0 spiro atoms. The SMILES string of the molecule is Cn1c2cc3ccc2c2ccc(cc21)C#CC[P+](c1ccccc1)(c1ccccc1)CC[P+](c1ccccc1)(c1ccccc1)CC#Cc1ccc2c4ccc(cc4n(C)c2c1)C#CC[P+](c1ccccc1)(c1ccccc1)CCCC[P+](c1ccccc1)(c1ccccc1)CC#C3. The fraction of sp³-hybridized carbons (Fsp3) is 0.130. The van der Waals surface area contributed by atoms with E-state index < -0.39 is 29.0 Å². The van der Waals surface area contributed by atoms with Gasteiger partial charge in [-0.15, -0.1) is 0 Å². The molecule has 1 aliphatic heterocycles. The molecule has 0 aliphatic carbocycles. The van der Waals surface area contributed by atoms with E-state index in [-0.39, 0.29) is 0 Å². The quantitative estimate of drug-likeness (QED) is 0.106. The number of aryl methyl sites for hydroxylation is 2. The molecule has 3 heterocycles. The first kappa shape index (κ1) is 64.2. The van der Waals surface area contributed by atoms with Crippen molar-refractivity contribution in [2.75, 3.05) is 49.3 Å². The molecule has 1 aliphatic rings. The third-order valence-electron chi connectivity index (χ3n) is 20.5. The van der Waals surface area contributed by atoms with Gasteiger partial charge in [-0.2, -0.15) is 0 Å². The molecule has 0 saturated carbocycles. The van der Waals surface area contributed by atoms with Crippen LogP contribution in [0.5, 0.6) is 0 Å². The van der Waals surface area contributed by atoms with E-state index in [4.69, 9.17) is 0 Å². The van der Waals surface area contributed by atoms with Crippen molar-refractivity contribution in [2.45, 2.75) is 12.8 Å². The molecule has 0 unspecified atom stereocenters. The van der Waals surface area contributed by atoms with E-state index >= 15 is 0 Å². The van der Waals surface area contributed by atoms with Crippen molar-refractivity contribution in [3.05, 3.63) is 338 Å². The van der Waals surface area contributed by atoms with Crippen molar-refractivity contribution in [1.82, 2.24) is 9.13 Å². The lowest BCUT2D eigenvalue weighted by Gasteiger charge is -2.30. The molecule has 0 amide bonds. The highest BCUT2D eigenvalue weighted by atomic mass is 31.2. The van der Waals surface area contributed by atoms with E-state index in [0.29, 0.717) is 0 Å². The molecule has 98 heavy (non-hydrogen) atoms. The molecule has 6 heteroatoms. The lowest BCUT2D eigenvalue weighted by Crippen LogP contribution is -2.33. The van der Waals surface area contributed by atoms with Gasteiger partial charge < -0.3 is 9.13 Å². The summed E-state index contributed by atoms with van der Waals surface area (Å²) in [5.41, 5.74) is 8.77. The zero-order chi connectivity index (χ0) is 66.2. The summed E-state index contributed by atoms with van der Waals surface area (Å²) >= 11 is 0. The third-order valence-corrected chi connectivity index (χ3v) is 38.1. The van der Waals surface area contributed by atoms with Gasteiger partial charge in [0, 0.05) is 57.9 Å². The van der Waals surface area contributed by atoms with Crippen molar-refractivity contribution in [1.29, 1.82) is 0 Å². The number of hydrogen-bond donors (Lipinski definition) is 0. The highest BCUT2D eigenvalue weighted by Gasteiger charge is 2.50. The Morgan fingerprint density at radius 2 is 0.408 bits per heavy atom. The summed E-state index contributed by atoms with van der Waals surface area (Å²) in [5, 5.41) is 16.1. The Balaban J connectivity index is 0.880. The standard InChI is InChI=1S/C92H78N2P4/c1-93-89-69-73-33-29-63-95(77-37-11-3-12-38-77,78-39-13-4-14-40-78)61-27-28-62-96(79-41-15-5-16-42-79,80-43-17-6-18-44-80)64-30-34-74-54-58-86-88-60-56-76(72-92(88)94(2)90(86)70-74)36-32-66-98(83-49-23-9-24-50-83,84-51-25-10-26-52-84)68-67-97(81-45-19-7-20-46-81,82-47-21-8-22-48-82)65-31-35-75-55-59-87(91(93)71-75)85(89)57-53-73/h3-26,37-60,69-72H,27-28,61-68H2,1-2H3/q+4. The molecule has 0 fully saturated rings. The van der Waals surface area contributed by atoms with Gasteiger partial charge in [0.2, 0.25) is 0 Å². The van der Waals surface area contributed by atoms with Crippen molar-refractivity contribution in [3.63, 3.8) is 0 Å². The minimum absolute atomic E-state index is 0.743. The molecule has 0 atom stereocenters. The largest absolute Gasteiger partial charge is 0.344 e. The minimum atomic E-state index is -2.22. The van der Waals surface area contributed by atoms with Crippen LogP contribution in [0.4, 0.5) is 0 Å². The van der Waals surface area contributed by atoms with Gasteiger partial charge in [-0.05, 0) is 158 Å². The van der Waals surface area contributed by atoms with Gasteiger partial charge in [0.1, 0.15) is 79.4 Å². The highest BCUT2D eigenvalue weighted by Crippen LogP contribution is 2.64. The molecule has 14 aromatic rings. The monoisotopic (exact) mass is 1330 g/mol. The summed E-state index contributed by atoms with van der Waals surface area (Å²) in [7, 11) is -4.15. The Labute approximate surface area is 581 Å². The second-order valence-corrected chi connectivity index (χ2v) is 41.0. The maximum absolute atomic E-state index is 3.93. The summed E-state index contributed by atoms with van der Waals surface area (Å²) < 4.78 is 4.69. The number of fused-ring (bicyclic) bond motifs is 6. The normalized spacial score (nSPS) is 15.4. The van der Waals surface area contributed by atoms with Gasteiger partial charge in [0.05, 0.1) is 63.4 Å². The number of rotatable bonds is 8. The number of aromatic nitrogens is 2. The van der Waals surface area contributed by atoms with E-state index in [1.165, 1.54) is 86.0 Å². The van der Waals surface area contributed by atoms with Crippen LogP contribution >= 0.6 is 29.0 Å². The summed E-state index contributed by atoms with van der Waals surface area (Å²) in [6.45, 7) is 0. The van der Waals surface area contributed by atoms with Gasteiger partial charge in [-0.25, -0.2) is 0 Å². The lowest BCUT2D eigenvalue weighted by molar-refractivity contribution is 0.894. The van der Waals surface area contributed by atoms with Gasteiger partial charge in [0.25, 0.3) is 0 Å². The van der Waals surface area contributed by atoms with Crippen LogP contribution in [0.1, 0.15) is 35.1 Å². The second kappa shape index (κ2) is 28.7. The number of hydrogen-bond acceptors (Lipinski definition) is 0. The lowest BCUT2D eigenvalue weighted by atomic mass is 10.1. The molecule has 0 saturated heterocycles. The van der Waals surface area contributed by atoms with E-state index in [9.17, 15) is 0 Å². The van der Waals surface area contributed by atoms with Crippen LogP contribution in [0.3, 0.4) is 0 Å². The summed E-state index contributed by atoms with van der Waals surface area (Å²) in [6, 6.07) is 118. The topological polar surface area (TPSA) is 9.86 Å². The smallest absolute Gasteiger partial charge is 0.129 e. The Bertz CT molecular complexity index is 4930. The highest BCUT2D eigenvalue weighted by molar-refractivity contribution is 7.93. The van der Waals surface area contributed by atoms with E-state index in [0.717, 1.165) is 84.4 Å². The van der Waals surface area contributed by atoms with Gasteiger partial charge >= 0.3 is 0 Å². The van der Waals surface area contributed by atoms with Crippen LogP contribution < -0.4 is 42.4 Å². The molecule has 8 bridgehead atoms. The summed E-state index contributed by atoms with van der Waals surface area (Å²) in [4.78, 5) is 0. The fourth-order valence-electron chi connectivity index (χ4n) is 15.3. The predicted octanol–water partition coefficient (Wildman–Crippen LogP) is 17.6. The number of nitrogens with zero attached hydrogens (tertiary/aromatic N) is 2. The maximum Gasteiger partial charge on any atom is 0.129 e.